The molecule has 0 aromatic carbocycles. The first-order valence-electron chi connectivity index (χ1n) is 5.61. The van der Waals surface area contributed by atoms with Crippen LogP contribution in [0.5, 0.6) is 0 Å². The smallest absolute Gasteiger partial charge is 0.0193 e. The third-order valence-corrected chi connectivity index (χ3v) is 3.68. The van der Waals surface area contributed by atoms with Gasteiger partial charge in [0.15, 0.2) is 0 Å². The minimum atomic E-state index is 0.607. The van der Waals surface area contributed by atoms with E-state index >= 15 is 0 Å². The van der Waals surface area contributed by atoms with Crippen LogP contribution in [0.15, 0.2) is 0 Å². The standard InChI is InChI=1S/C11H22N2/c1-4-9-8-13(6-5-12-9)10-7-11(10,2)3/h9-10,12H,4-8H2,1-3H3. The monoisotopic (exact) mass is 182 g/mol. The van der Waals surface area contributed by atoms with Gasteiger partial charge in [-0.05, 0) is 18.3 Å². The van der Waals surface area contributed by atoms with E-state index in [0.717, 1.165) is 12.1 Å². The SMILES string of the molecule is CCC1CN(C2CC2(C)C)CCN1. The van der Waals surface area contributed by atoms with Crippen LogP contribution in [0, 0.1) is 5.41 Å². The van der Waals surface area contributed by atoms with Gasteiger partial charge in [-0.3, -0.25) is 4.90 Å². The van der Waals surface area contributed by atoms with Gasteiger partial charge < -0.3 is 5.32 Å². The van der Waals surface area contributed by atoms with Crippen molar-refractivity contribution in [2.24, 2.45) is 5.41 Å². The highest BCUT2D eigenvalue weighted by molar-refractivity contribution is 5.04. The normalized spacial score (nSPS) is 39.0. The first kappa shape index (κ1) is 9.47. The van der Waals surface area contributed by atoms with E-state index in [9.17, 15) is 0 Å². The van der Waals surface area contributed by atoms with Crippen LogP contribution in [0.25, 0.3) is 0 Å². The van der Waals surface area contributed by atoms with Crippen LogP contribution in [0.2, 0.25) is 0 Å². The van der Waals surface area contributed by atoms with Gasteiger partial charge in [0, 0.05) is 31.7 Å². The molecule has 2 unspecified atom stereocenters. The van der Waals surface area contributed by atoms with Crippen molar-refractivity contribution in [3.05, 3.63) is 0 Å². The first-order valence-corrected chi connectivity index (χ1v) is 5.61. The average molecular weight is 182 g/mol. The Morgan fingerprint density at radius 2 is 2.15 bits per heavy atom. The lowest BCUT2D eigenvalue weighted by molar-refractivity contribution is 0.171. The zero-order valence-corrected chi connectivity index (χ0v) is 9.14. The summed E-state index contributed by atoms with van der Waals surface area (Å²) in [4.78, 5) is 2.69. The first-order chi connectivity index (χ1) is 6.13. The second kappa shape index (κ2) is 3.25. The Bertz CT molecular complexity index is 189. The van der Waals surface area contributed by atoms with Gasteiger partial charge in [-0.25, -0.2) is 0 Å². The molecule has 0 amide bonds. The van der Waals surface area contributed by atoms with Crippen LogP contribution in [0.3, 0.4) is 0 Å². The summed E-state index contributed by atoms with van der Waals surface area (Å²) < 4.78 is 0. The number of nitrogens with zero attached hydrogens (tertiary/aromatic N) is 1. The molecule has 2 aliphatic rings. The summed E-state index contributed by atoms with van der Waals surface area (Å²) in [6.07, 6.45) is 2.67. The van der Waals surface area contributed by atoms with E-state index < -0.39 is 0 Å². The average Bonchev–Trinajstić information content (AvgIpc) is 2.76. The van der Waals surface area contributed by atoms with E-state index in [2.05, 4.69) is 31.0 Å². The fourth-order valence-corrected chi connectivity index (χ4v) is 2.47. The van der Waals surface area contributed by atoms with E-state index in [4.69, 9.17) is 0 Å². The molecule has 2 atom stereocenters. The molecule has 1 saturated carbocycles. The highest BCUT2D eigenvalue weighted by atomic mass is 15.3. The maximum atomic E-state index is 3.57. The fraction of sp³-hybridized carbons (Fsp3) is 1.00. The summed E-state index contributed by atoms with van der Waals surface area (Å²) in [5.74, 6) is 0. The molecule has 2 nitrogen and oxygen atoms in total. The van der Waals surface area contributed by atoms with E-state index in [1.54, 1.807) is 0 Å². The summed E-state index contributed by atoms with van der Waals surface area (Å²) >= 11 is 0. The van der Waals surface area contributed by atoms with Gasteiger partial charge in [-0.1, -0.05) is 20.8 Å². The van der Waals surface area contributed by atoms with E-state index in [0.29, 0.717) is 5.41 Å². The fourth-order valence-electron chi connectivity index (χ4n) is 2.47. The molecular weight excluding hydrogens is 160 g/mol. The molecule has 0 radical (unpaired) electrons. The third-order valence-electron chi connectivity index (χ3n) is 3.68. The maximum absolute atomic E-state index is 3.57. The van der Waals surface area contributed by atoms with Gasteiger partial charge in [-0.15, -0.1) is 0 Å². The Kier molecular flexibility index (Phi) is 2.37. The van der Waals surface area contributed by atoms with Gasteiger partial charge in [0.25, 0.3) is 0 Å². The lowest BCUT2D eigenvalue weighted by Crippen LogP contribution is -2.51. The molecule has 0 bridgehead atoms. The lowest BCUT2D eigenvalue weighted by atomic mass is 10.1. The summed E-state index contributed by atoms with van der Waals surface area (Å²) in [7, 11) is 0. The van der Waals surface area contributed by atoms with E-state index in [-0.39, 0.29) is 0 Å². The van der Waals surface area contributed by atoms with Gasteiger partial charge in [0.05, 0.1) is 0 Å². The molecule has 2 rings (SSSR count). The van der Waals surface area contributed by atoms with Crippen molar-refractivity contribution in [2.45, 2.75) is 45.7 Å². The Balaban J connectivity index is 1.87. The number of hydrogen-bond acceptors (Lipinski definition) is 2. The van der Waals surface area contributed by atoms with Crippen molar-refractivity contribution in [2.75, 3.05) is 19.6 Å². The Morgan fingerprint density at radius 1 is 1.46 bits per heavy atom. The van der Waals surface area contributed by atoms with Crippen LogP contribution in [-0.4, -0.2) is 36.6 Å². The number of nitrogens with one attached hydrogen (secondary N) is 1. The predicted octanol–water partition coefficient (Wildman–Crippen LogP) is 1.47. The van der Waals surface area contributed by atoms with Crippen LogP contribution in [-0.2, 0) is 0 Å². The Morgan fingerprint density at radius 3 is 2.69 bits per heavy atom. The Hall–Kier alpha value is -0.0800. The van der Waals surface area contributed by atoms with Gasteiger partial charge in [0.2, 0.25) is 0 Å². The van der Waals surface area contributed by atoms with Crippen LogP contribution in [0.4, 0.5) is 0 Å². The zero-order chi connectivity index (χ0) is 9.47. The molecule has 1 aliphatic heterocycles. The highest BCUT2D eigenvalue weighted by Crippen LogP contribution is 2.48. The number of piperazine rings is 1. The van der Waals surface area contributed by atoms with Crippen LogP contribution < -0.4 is 5.32 Å². The molecule has 2 fully saturated rings. The van der Waals surface area contributed by atoms with Crippen molar-refractivity contribution in [3.63, 3.8) is 0 Å². The quantitative estimate of drug-likeness (QED) is 0.695. The molecule has 0 aromatic heterocycles. The summed E-state index contributed by atoms with van der Waals surface area (Å²) in [5.41, 5.74) is 0.607. The van der Waals surface area contributed by atoms with Crippen molar-refractivity contribution in [3.8, 4) is 0 Å². The molecule has 1 saturated heterocycles. The summed E-state index contributed by atoms with van der Waals surface area (Å²) in [5, 5.41) is 3.57. The van der Waals surface area contributed by atoms with E-state index in [1.165, 1.54) is 32.5 Å². The van der Waals surface area contributed by atoms with Crippen molar-refractivity contribution in [1.82, 2.24) is 10.2 Å². The van der Waals surface area contributed by atoms with Gasteiger partial charge in [0.1, 0.15) is 0 Å². The van der Waals surface area contributed by atoms with Crippen molar-refractivity contribution < 1.29 is 0 Å². The molecule has 76 valence electrons. The maximum Gasteiger partial charge on any atom is 0.0193 e. The second-order valence-corrected chi connectivity index (χ2v) is 5.26. The van der Waals surface area contributed by atoms with Gasteiger partial charge in [-0.2, -0.15) is 0 Å². The molecule has 1 heterocycles. The molecule has 2 heteroatoms. The Labute approximate surface area is 81.7 Å². The van der Waals surface area contributed by atoms with E-state index in [1.807, 2.05) is 0 Å². The largest absolute Gasteiger partial charge is 0.311 e. The third kappa shape index (κ3) is 1.89. The minimum Gasteiger partial charge on any atom is -0.311 e. The van der Waals surface area contributed by atoms with Crippen LogP contribution >= 0.6 is 0 Å². The molecular formula is C11H22N2. The summed E-state index contributed by atoms with van der Waals surface area (Å²) in [6.45, 7) is 10.8. The molecule has 13 heavy (non-hydrogen) atoms. The lowest BCUT2D eigenvalue weighted by Gasteiger charge is -2.34. The van der Waals surface area contributed by atoms with Crippen LogP contribution in [0.1, 0.15) is 33.6 Å². The van der Waals surface area contributed by atoms with Gasteiger partial charge >= 0.3 is 0 Å². The van der Waals surface area contributed by atoms with Crippen molar-refractivity contribution >= 4 is 0 Å². The number of rotatable bonds is 2. The molecule has 1 N–H and O–H groups in total. The molecule has 0 aromatic rings. The second-order valence-electron chi connectivity index (χ2n) is 5.26. The zero-order valence-electron chi connectivity index (χ0n) is 9.14. The van der Waals surface area contributed by atoms with Crippen molar-refractivity contribution in [1.29, 1.82) is 0 Å². The number of hydrogen-bond donors (Lipinski definition) is 1. The topological polar surface area (TPSA) is 15.3 Å². The molecule has 1 aliphatic carbocycles. The summed E-state index contributed by atoms with van der Waals surface area (Å²) in [6, 6.07) is 1.62. The minimum absolute atomic E-state index is 0.607. The highest BCUT2D eigenvalue weighted by Gasteiger charge is 2.49. The predicted molar refractivity (Wildman–Crippen MR) is 55.8 cm³/mol. The molecule has 0 spiro atoms.